The second-order valence-electron chi connectivity index (χ2n) is 6.76. The van der Waals surface area contributed by atoms with E-state index in [1.54, 1.807) is 34.1 Å². The quantitative estimate of drug-likeness (QED) is 0.771. The summed E-state index contributed by atoms with van der Waals surface area (Å²) in [4.78, 5) is 51.9. The number of nitrogens with one attached hydrogen (secondary N) is 1. The second-order valence-corrected chi connectivity index (χ2v) is 6.76. The summed E-state index contributed by atoms with van der Waals surface area (Å²) >= 11 is 0. The summed E-state index contributed by atoms with van der Waals surface area (Å²) in [6, 6.07) is 8.11. The standard InChI is InChI=1S/C19H19N3O5/c23-16-6-5-14(20-16)18(25)22-9-7-21(8-10-22)17(24)13-11-12-3-1-2-4-15(12)27-19(13)26/h1-4,11,14H,5-10H2,(H,20,23). The van der Waals surface area contributed by atoms with Crippen LogP contribution in [0.25, 0.3) is 11.0 Å². The molecule has 2 aromatic rings. The molecule has 1 unspecified atom stereocenters. The lowest BCUT2D eigenvalue weighted by Gasteiger charge is -2.35. The fraction of sp³-hybridized carbons (Fsp3) is 0.368. The van der Waals surface area contributed by atoms with E-state index in [-0.39, 0.29) is 17.4 Å². The number of piperazine rings is 1. The summed E-state index contributed by atoms with van der Waals surface area (Å²) < 4.78 is 5.23. The van der Waals surface area contributed by atoms with Crippen molar-refractivity contribution in [3.05, 3.63) is 46.3 Å². The molecule has 1 aromatic carbocycles. The van der Waals surface area contributed by atoms with Crippen molar-refractivity contribution in [2.75, 3.05) is 26.2 Å². The molecule has 140 valence electrons. The number of carbonyl (C=O) groups excluding carboxylic acids is 3. The van der Waals surface area contributed by atoms with E-state index < -0.39 is 17.6 Å². The molecule has 2 aliphatic heterocycles. The Kier molecular flexibility index (Phi) is 4.39. The third-order valence-electron chi connectivity index (χ3n) is 5.04. The van der Waals surface area contributed by atoms with Gasteiger partial charge in [0.15, 0.2) is 0 Å². The normalized spacial score (nSPS) is 20.0. The molecule has 8 nitrogen and oxygen atoms in total. The van der Waals surface area contributed by atoms with Crippen LogP contribution in [0.4, 0.5) is 0 Å². The molecule has 2 aliphatic rings. The second kappa shape index (κ2) is 6.86. The maximum atomic E-state index is 12.7. The Bertz CT molecular complexity index is 975. The molecule has 2 saturated heterocycles. The maximum absolute atomic E-state index is 12.7. The van der Waals surface area contributed by atoms with Crippen LogP contribution in [0.1, 0.15) is 23.2 Å². The highest BCUT2D eigenvalue weighted by molar-refractivity contribution is 5.97. The summed E-state index contributed by atoms with van der Waals surface area (Å²) in [6.07, 6.45) is 0.877. The smallest absolute Gasteiger partial charge is 0.349 e. The Balaban J connectivity index is 1.44. The van der Waals surface area contributed by atoms with E-state index in [2.05, 4.69) is 5.32 Å². The third kappa shape index (κ3) is 3.30. The molecule has 1 aromatic heterocycles. The van der Waals surface area contributed by atoms with Crippen molar-refractivity contribution in [3.8, 4) is 0 Å². The third-order valence-corrected chi connectivity index (χ3v) is 5.04. The zero-order chi connectivity index (χ0) is 19.0. The predicted molar refractivity (Wildman–Crippen MR) is 96.1 cm³/mol. The van der Waals surface area contributed by atoms with Gasteiger partial charge in [-0.1, -0.05) is 18.2 Å². The number of fused-ring (bicyclic) bond motifs is 1. The van der Waals surface area contributed by atoms with Crippen LogP contribution in [0.5, 0.6) is 0 Å². The maximum Gasteiger partial charge on any atom is 0.349 e. The molecule has 0 aliphatic carbocycles. The molecule has 4 rings (SSSR count). The van der Waals surface area contributed by atoms with E-state index in [0.29, 0.717) is 50.0 Å². The fourth-order valence-corrected chi connectivity index (χ4v) is 3.53. The predicted octanol–water partition coefficient (Wildman–Crippen LogP) is 0.356. The minimum Gasteiger partial charge on any atom is -0.422 e. The van der Waals surface area contributed by atoms with Gasteiger partial charge >= 0.3 is 5.63 Å². The van der Waals surface area contributed by atoms with E-state index in [1.165, 1.54) is 0 Å². The Labute approximate surface area is 154 Å². The largest absolute Gasteiger partial charge is 0.422 e. The van der Waals surface area contributed by atoms with E-state index >= 15 is 0 Å². The lowest BCUT2D eigenvalue weighted by atomic mass is 10.1. The van der Waals surface area contributed by atoms with Crippen LogP contribution >= 0.6 is 0 Å². The van der Waals surface area contributed by atoms with Gasteiger partial charge in [-0.25, -0.2) is 4.79 Å². The number of hydrogen-bond donors (Lipinski definition) is 1. The van der Waals surface area contributed by atoms with Crippen LogP contribution < -0.4 is 10.9 Å². The number of rotatable bonds is 2. The van der Waals surface area contributed by atoms with Gasteiger partial charge in [-0.3, -0.25) is 14.4 Å². The highest BCUT2D eigenvalue weighted by atomic mass is 16.4. The highest BCUT2D eigenvalue weighted by Crippen LogP contribution is 2.16. The number of amides is 3. The van der Waals surface area contributed by atoms with E-state index in [1.807, 2.05) is 6.07 Å². The number of benzene rings is 1. The number of carbonyl (C=O) groups is 3. The Morgan fingerprint density at radius 2 is 1.74 bits per heavy atom. The van der Waals surface area contributed by atoms with Gasteiger partial charge in [0.25, 0.3) is 5.91 Å². The Hall–Kier alpha value is -3.16. The van der Waals surface area contributed by atoms with Crippen molar-refractivity contribution >= 4 is 28.7 Å². The Morgan fingerprint density at radius 3 is 2.44 bits per heavy atom. The summed E-state index contributed by atoms with van der Waals surface area (Å²) in [5.74, 6) is -0.612. The lowest BCUT2D eigenvalue weighted by molar-refractivity contribution is -0.135. The number of hydrogen-bond acceptors (Lipinski definition) is 5. The van der Waals surface area contributed by atoms with Crippen molar-refractivity contribution in [3.63, 3.8) is 0 Å². The average Bonchev–Trinajstić information content (AvgIpc) is 3.13. The molecule has 0 saturated carbocycles. The molecule has 27 heavy (non-hydrogen) atoms. The first kappa shape index (κ1) is 17.3. The van der Waals surface area contributed by atoms with Gasteiger partial charge in [-0.2, -0.15) is 0 Å². The van der Waals surface area contributed by atoms with Crippen molar-refractivity contribution in [1.82, 2.24) is 15.1 Å². The van der Waals surface area contributed by atoms with Crippen molar-refractivity contribution in [2.45, 2.75) is 18.9 Å². The van der Waals surface area contributed by atoms with Gasteiger partial charge in [-0.15, -0.1) is 0 Å². The first-order valence-corrected chi connectivity index (χ1v) is 8.93. The zero-order valence-electron chi connectivity index (χ0n) is 14.6. The van der Waals surface area contributed by atoms with Crippen LogP contribution in [0, 0.1) is 0 Å². The molecule has 2 fully saturated rings. The van der Waals surface area contributed by atoms with Gasteiger partial charge in [0.2, 0.25) is 11.8 Å². The first-order valence-electron chi connectivity index (χ1n) is 8.93. The molecular weight excluding hydrogens is 350 g/mol. The van der Waals surface area contributed by atoms with E-state index in [4.69, 9.17) is 4.42 Å². The van der Waals surface area contributed by atoms with Crippen molar-refractivity contribution in [2.24, 2.45) is 0 Å². The van der Waals surface area contributed by atoms with Crippen molar-refractivity contribution in [1.29, 1.82) is 0 Å². The van der Waals surface area contributed by atoms with Crippen molar-refractivity contribution < 1.29 is 18.8 Å². The minimum atomic E-state index is -0.661. The Morgan fingerprint density at radius 1 is 1.04 bits per heavy atom. The van der Waals surface area contributed by atoms with Gasteiger partial charge < -0.3 is 19.5 Å². The topological polar surface area (TPSA) is 99.9 Å². The van der Waals surface area contributed by atoms with E-state index in [0.717, 1.165) is 0 Å². The van der Waals surface area contributed by atoms with Crippen LogP contribution in [0.2, 0.25) is 0 Å². The van der Waals surface area contributed by atoms with Crippen LogP contribution in [0.3, 0.4) is 0 Å². The van der Waals surface area contributed by atoms with Crippen LogP contribution in [-0.4, -0.2) is 59.7 Å². The summed E-state index contributed by atoms with van der Waals surface area (Å²) in [5.41, 5.74) is -0.226. The number of nitrogens with zero attached hydrogens (tertiary/aromatic N) is 2. The lowest BCUT2D eigenvalue weighted by Crippen LogP contribution is -2.54. The average molecular weight is 369 g/mol. The van der Waals surface area contributed by atoms with Crippen LogP contribution in [-0.2, 0) is 9.59 Å². The molecule has 0 bridgehead atoms. The van der Waals surface area contributed by atoms with Gasteiger partial charge in [-0.05, 0) is 18.6 Å². The molecule has 1 atom stereocenters. The number of para-hydroxylation sites is 1. The summed E-state index contributed by atoms with van der Waals surface area (Å²) in [5, 5.41) is 3.36. The molecular formula is C19H19N3O5. The highest BCUT2D eigenvalue weighted by Gasteiger charge is 2.33. The molecule has 0 radical (unpaired) electrons. The molecule has 3 heterocycles. The van der Waals surface area contributed by atoms with E-state index in [9.17, 15) is 19.2 Å². The molecule has 0 spiro atoms. The molecule has 1 N–H and O–H groups in total. The molecule has 3 amide bonds. The summed E-state index contributed by atoms with van der Waals surface area (Å²) in [6.45, 7) is 1.40. The van der Waals surface area contributed by atoms with Gasteiger partial charge in [0.05, 0.1) is 0 Å². The first-order chi connectivity index (χ1) is 13.0. The summed E-state index contributed by atoms with van der Waals surface area (Å²) in [7, 11) is 0. The monoisotopic (exact) mass is 369 g/mol. The zero-order valence-corrected chi connectivity index (χ0v) is 14.6. The molecule has 8 heteroatoms. The van der Waals surface area contributed by atoms with Gasteiger partial charge in [0.1, 0.15) is 17.2 Å². The SMILES string of the molecule is O=C1CCC(C(=O)N2CCN(C(=O)c3cc4ccccc4oc3=O)CC2)N1. The van der Waals surface area contributed by atoms with Gasteiger partial charge in [0, 0.05) is 38.0 Å². The minimum absolute atomic E-state index is 0.00321. The van der Waals surface area contributed by atoms with Crippen LogP contribution in [0.15, 0.2) is 39.5 Å². The fourth-order valence-electron chi connectivity index (χ4n) is 3.53.